The Morgan fingerprint density at radius 1 is 1.57 bits per heavy atom. The molecular weight excluding hydrogens is 201 g/mol. The molecule has 0 radical (unpaired) electrons. The maximum absolute atomic E-state index is 11.0. The fourth-order valence-corrected chi connectivity index (χ4v) is 0.818. The van der Waals surface area contributed by atoms with Gasteiger partial charge in [-0.15, -0.1) is 0 Å². The van der Waals surface area contributed by atoms with E-state index in [1.54, 1.807) is 13.8 Å². The smallest absolute Gasteiger partial charge is 0.462 e. The number of rotatable bonds is 2. The molecule has 0 saturated carbocycles. The van der Waals surface area contributed by atoms with E-state index in [4.69, 9.17) is 0 Å². The molecule has 3 N–H and O–H groups in total. The molecule has 0 fully saturated rings. The van der Waals surface area contributed by atoms with Crippen LogP contribution in [0.4, 0.5) is 0 Å². The van der Waals surface area contributed by atoms with Gasteiger partial charge in [-0.05, 0) is 13.8 Å². The standard InChI is InChI=1S/C7H9NO4.Na.H2O/c1-3-11-6(9)5-4(2)8-12-7(5)10;;/h8H,3H2,1-2H3;;1H2/q;+1;. The van der Waals surface area contributed by atoms with E-state index in [9.17, 15) is 9.59 Å². The molecule has 1 heterocycles. The molecule has 0 atom stereocenters. The summed E-state index contributed by atoms with van der Waals surface area (Å²) < 4.78 is 9.01. The molecule has 0 aliphatic rings. The number of aryl methyl sites for hydroxylation is 1. The molecule has 0 saturated heterocycles. The third-order valence-corrected chi connectivity index (χ3v) is 1.36. The van der Waals surface area contributed by atoms with Crippen molar-refractivity contribution in [3.05, 3.63) is 21.7 Å². The van der Waals surface area contributed by atoms with Crippen molar-refractivity contribution in [2.75, 3.05) is 6.61 Å². The van der Waals surface area contributed by atoms with E-state index in [0.29, 0.717) is 5.69 Å². The van der Waals surface area contributed by atoms with Gasteiger partial charge in [-0.2, -0.15) is 0 Å². The molecule has 0 bridgehead atoms. The van der Waals surface area contributed by atoms with Gasteiger partial charge in [-0.3, -0.25) is 0 Å². The third kappa shape index (κ3) is 3.30. The fraction of sp³-hybridized carbons (Fsp3) is 0.429. The Hall–Kier alpha value is -0.560. The summed E-state index contributed by atoms with van der Waals surface area (Å²) in [5.74, 6) is -0.648. The first-order valence-corrected chi connectivity index (χ1v) is 3.52. The molecule has 6 nitrogen and oxygen atoms in total. The first-order chi connectivity index (χ1) is 5.66. The molecule has 1 aromatic rings. The van der Waals surface area contributed by atoms with E-state index in [1.807, 2.05) is 0 Å². The minimum Gasteiger partial charge on any atom is -0.462 e. The van der Waals surface area contributed by atoms with Crippen LogP contribution in [-0.2, 0) is 4.74 Å². The second-order valence-electron chi connectivity index (χ2n) is 2.21. The fourth-order valence-electron chi connectivity index (χ4n) is 0.818. The Morgan fingerprint density at radius 3 is 2.50 bits per heavy atom. The SMILES string of the molecule is CCOC(=O)c1c(C)[nH]oc1=O.O.[Na+]. The van der Waals surface area contributed by atoms with Crippen LogP contribution in [0.3, 0.4) is 0 Å². The molecule has 0 unspecified atom stereocenters. The van der Waals surface area contributed by atoms with E-state index in [1.165, 1.54) is 0 Å². The van der Waals surface area contributed by atoms with Gasteiger partial charge in [0.1, 0.15) is 0 Å². The van der Waals surface area contributed by atoms with E-state index in [-0.39, 0.29) is 47.2 Å². The predicted molar refractivity (Wildman–Crippen MR) is 43.6 cm³/mol. The monoisotopic (exact) mass is 212 g/mol. The van der Waals surface area contributed by atoms with Crippen LogP contribution in [0.5, 0.6) is 0 Å². The quantitative estimate of drug-likeness (QED) is 0.408. The summed E-state index contributed by atoms with van der Waals surface area (Å²) in [4.78, 5) is 21.9. The van der Waals surface area contributed by atoms with Gasteiger partial charge in [-0.1, -0.05) is 0 Å². The number of ether oxygens (including phenoxy) is 1. The van der Waals surface area contributed by atoms with Crippen LogP contribution < -0.4 is 35.2 Å². The van der Waals surface area contributed by atoms with Gasteiger partial charge >= 0.3 is 41.2 Å². The number of carbonyl (C=O) groups excluding carboxylic acids is 1. The largest absolute Gasteiger partial charge is 1.00 e. The molecule has 14 heavy (non-hydrogen) atoms. The number of aromatic nitrogens is 1. The van der Waals surface area contributed by atoms with Crippen molar-refractivity contribution in [1.82, 2.24) is 5.16 Å². The van der Waals surface area contributed by atoms with Crippen LogP contribution in [0.15, 0.2) is 9.32 Å². The van der Waals surface area contributed by atoms with Crippen LogP contribution in [0.1, 0.15) is 23.0 Å². The maximum atomic E-state index is 11.0. The van der Waals surface area contributed by atoms with Crippen molar-refractivity contribution < 1.29 is 49.1 Å². The summed E-state index contributed by atoms with van der Waals surface area (Å²) in [5, 5.41) is 2.29. The van der Waals surface area contributed by atoms with Crippen molar-refractivity contribution >= 4 is 5.97 Å². The summed E-state index contributed by atoms with van der Waals surface area (Å²) in [7, 11) is 0. The molecule has 0 spiro atoms. The Bertz CT molecular complexity index is 342. The normalized spacial score (nSPS) is 8.43. The van der Waals surface area contributed by atoms with Gasteiger partial charge in [0.15, 0.2) is 5.56 Å². The Morgan fingerprint density at radius 2 is 2.14 bits per heavy atom. The van der Waals surface area contributed by atoms with Crippen molar-refractivity contribution in [1.29, 1.82) is 0 Å². The summed E-state index contributed by atoms with van der Waals surface area (Å²) >= 11 is 0. The van der Waals surface area contributed by atoms with Crippen LogP contribution >= 0.6 is 0 Å². The topological polar surface area (TPSA) is 104 Å². The number of hydrogen-bond donors (Lipinski definition) is 1. The predicted octanol–water partition coefficient (Wildman–Crippen LogP) is -3.37. The molecule has 7 heteroatoms. The molecule has 0 aliphatic heterocycles. The maximum Gasteiger partial charge on any atom is 1.00 e. The first-order valence-electron chi connectivity index (χ1n) is 3.52. The molecular formula is C7H11NNaO5+. The summed E-state index contributed by atoms with van der Waals surface area (Å²) in [5.41, 5.74) is -0.360. The van der Waals surface area contributed by atoms with Gasteiger partial charge in [0.2, 0.25) is 0 Å². The minimum absolute atomic E-state index is 0. The minimum atomic E-state index is -0.689. The third-order valence-electron chi connectivity index (χ3n) is 1.36. The molecule has 1 aromatic heterocycles. The summed E-state index contributed by atoms with van der Waals surface area (Å²) in [6.45, 7) is 3.47. The van der Waals surface area contributed by atoms with Gasteiger partial charge < -0.3 is 14.7 Å². The zero-order valence-electron chi connectivity index (χ0n) is 8.34. The Labute approximate surface area is 102 Å². The average Bonchev–Trinajstić information content (AvgIpc) is 2.32. The Balaban J connectivity index is 0. The van der Waals surface area contributed by atoms with Crippen molar-refractivity contribution in [2.24, 2.45) is 0 Å². The van der Waals surface area contributed by atoms with E-state index < -0.39 is 11.6 Å². The van der Waals surface area contributed by atoms with Gasteiger partial charge in [-0.25, -0.2) is 14.7 Å². The molecule has 0 aromatic carbocycles. The van der Waals surface area contributed by atoms with Crippen LogP contribution in [0.2, 0.25) is 0 Å². The Kier molecular flexibility index (Phi) is 7.75. The van der Waals surface area contributed by atoms with Crippen LogP contribution in [0.25, 0.3) is 0 Å². The zero-order valence-corrected chi connectivity index (χ0v) is 10.3. The van der Waals surface area contributed by atoms with E-state index in [2.05, 4.69) is 14.4 Å². The van der Waals surface area contributed by atoms with Crippen molar-refractivity contribution in [3.63, 3.8) is 0 Å². The number of carbonyl (C=O) groups is 1. The van der Waals surface area contributed by atoms with Crippen LogP contribution in [0, 0.1) is 6.92 Å². The number of aromatic amines is 1. The zero-order chi connectivity index (χ0) is 9.14. The second-order valence-corrected chi connectivity index (χ2v) is 2.21. The molecule has 74 valence electrons. The molecule has 1 rings (SSSR count). The number of H-pyrrole nitrogens is 1. The molecule has 0 amide bonds. The van der Waals surface area contributed by atoms with Gasteiger partial charge in [0.05, 0.1) is 12.3 Å². The van der Waals surface area contributed by atoms with Gasteiger partial charge in [0, 0.05) is 0 Å². The van der Waals surface area contributed by atoms with Crippen molar-refractivity contribution in [3.8, 4) is 0 Å². The molecule has 0 aliphatic carbocycles. The van der Waals surface area contributed by atoms with E-state index >= 15 is 0 Å². The summed E-state index contributed by atoms with van der Waals surface area (Å²) in [6.07, 6.45) is 0. The van der Waals surface area contributed by atoms with Gasteiger partial charge in [0.25, 0.3) is 0 Å². The number of hydrogen-bond acceptors (Lipinski definition) is 4. The average molecular weight is 212 g/mol. The summed E-state index contributed by atoms with van der Waals surface area (Å²) in [6, 6.07) is 0. The van der Waals surface area contributed by atoms with Crippen molar-refractivity contribution in [2.45, 2.75) is 13.8 Å². The van der Waals surface area contributed by atoms with Crippen LogP contribution in [-0.4, -0.2) is 23.2 Å². The number of esters is 1. The van der Waals surface area contributed by atoms with E-state index in [0.717, 1.165) is 0 Å². The number of nitrogens with one attached hydrogen (secondary N) is 1. The first kappa shape index (κ1) is 15.9. The second kappa shape index (κ2) is 6.83.